The van der Waals surface area contributed by atoms with Gasteiger partial charge < -0.3 is 5.73 Å². The SMILES string of the molecule is Cc1nonc1CN1C2CCC1CC(N)C2. The summed E-state index contributed by atoms with van der Waals surface area (Å²) < 4.78 is 4.75. The predicted molar refractivity (Wildman–Crippen MR) is 58.6 cm³/mol. The van der Waals surface area contributed by atoms with Gasteiger partial charge in [-0.1, -0.05) is 10.3 Å². The van der Waals surface area contributed by atoms with Crippen LogP contribution in [0, 0.1) is 6.92 Å². The van der Waals surface area contributed by atoms with E-state index in [1.165, 1.54) is 12.8 Å². The van der Waals surface area contributed by atoms with Crippen LogP contribution in [0.15, 0.2) is 4.63 Å². The minimum Gasteiger partial charge on any atom is -0.328 e. The quantitative estimate of drug-likeness (QED) is 0.802. The molecule has 2 bridgehead atoms. The van der Waals surface area contributed by atoms with Gasteiger partial charge in [0.2, 0.25) is 0 Å². The normalized spacial score (nSPS) is 34.5. The lowest BCUT2D eigenvalue weighted by atomic mass is 9.98. The molecule has 5 heteroatoms. The van der Waals surface area contributed by atoms with Gasteiger partial charge in [-0.25, -0.2) is 4.63 Å². The Hall–Kier alpha value is -0.940. The van der Waals surface area contributed by atoms with Crippen LogP contribution in [0.4, 0.5) is 0 Å². The predicted octanol–water partition coefficient (Wildman–Crippen LogP) is 0.832. The highest BCUT2D eigenvalue weighted by Gasteiger charge is 2.39. The zero-order chi connectivity index (χ0) is 11.1. The lowest BCUT2D eigenvalue weighted by Gasteiger charge is -2.37. The Bertz CT molecular complexity index is 364. The van der Waals surface area contributed by atoms with E-state index in [9.17, 15) is 0 Å². The molecule has 5 nitrogen and oxygen atoms in total. The van der Waals surface area contributed by atoms with Crippen molar-refractivity contribution in [1.29, 1.82) is 0 Å². The number of piperidine rings is 1. The molecule has 2 aliphatic heterocycles. The highest BCUT2D eigenvalue weighted by atomic mass is 16.6. The maximum absolute atomic E-state index is 6.05. The monoisotopic (exact) mass is 222 g/mol. The van der Waals surface area contributed by atoms with E-state index in [2.05, 4.69) is 15.2 Å². The van der Waals surface area contributed by atoms with Crippen molar-refractivity contribution in [2.75, 3.05) is 0 Å². The van der Waals surface area contributed by atoms with Crippen molar-refractivity contribution in [3.05, 3.63) is 11.4 Å². The van der Waals surface area contributed by atoms with E-state index in [0.717, 1.165) is 30.8 Å². The summed E-state index contributed by atoms with van der Waals surface area (Å²) in [5, 5.41) is 7.80. The lowest BCUT2D eigenvalue weighted by Crippen LogP contribution is -2.46. The summed E-state index contributed by atoms with van der Waals surface area (Å²) in [6.45, 7) is 2.82. The summed E-state index contributed by atoms with van der Waals surface area (Å²) in [6, 6.07) is 1.68. The van der Waals surface area contributed by atoms with Crippen molar-refractivity contribution in [2.24, 2.45) is 5.73 Å². The smallest absolute Gasteiger partial charge is 0.122 e. The number of aryl methyl sites for hydroxylation is 1. The Morgan fingerprint density at radius 2 is 2.00 bits per heavy atom. The highest BCUT2D eigenvalue weighted by Crippen LogP contribution is 2.36. The molecule has 2 fully saturated rings. The Balaban J connectivity index is 1.75. The fourth-order valence-electron chi connectivity index (χ4n) is 3.14. The fourth-order valence-corrected chi connectivity index (χ4v) is 3.14. The molecular weight excluding hydrogens is 204 g/mol. The first-order valence-electron chi connectivity index (χ1n) is 6.03. The maximum atomic E-state index is 6.05. The number of hydrogen-bond acceptors (Lipinski definition) is 5. The van der Waals surface area contributed by atoms with Crippen LogP contribution in [-0.4, -0.2) is 33.3 Å². The van der Waals surface area contributed by atoms with E-state index in [0.29, 0.717) is 18.1 Å². The molecule has 2 aliphatic rings. The van der Waals surface area contributed by atoms with Crippen molar-refractivity contribution in [3.63, 3.8) is 0 Å². The second-order valence-electron chi connectivity index (χ2n) is 5.09. The zero-order valence-corrected chi connectivity index (χ0v) is 9.59. The van der Waals surface area contributed by atoms with Gasteiger partial charge in [0.15, 0.2) is 0 Å². The summed E-state index contributed by atoms with van der Waals surface area (Å²) in [5.74, 6) is 0. The topological polar surface area (TPSA) is 68.2 Å². The number of fused-ring (bicyclic) bond motifs is 2. The van der Waals surface area contributed by atoms with Gasteiger partial charge in [-0.15, -0.1) is 0 Å². The first kappa shape index (κ1) is 10.2. The molecule has 2 N–H and O–H groups in total. The Kier molecular flexibility index (Phi) is 2.44. The Labute approximate surface area is 94.9 Å². The molecule has 0 saturated carbocycles. The third kappa shape index (κ3) is 1.64. The molecule has 3 heterocycles. The van der Waals surface area contributed by atoms with Crippen LogP contribution in [0.3, 0.4) is 0 Å². The van der Waals surface area contributed by atoms with Crippen molar-refractivity contribution < 1.29 is 4.63 Å². The minimum absolute atomic E-state index is 0.394. The fraction of sp³-hybridized carbons (Fsp3) is 0.818. The van der Waals surface area contributed by atoms with Crippen LogP contribution in [-0.2, 0) is 6.54 Å². The van der Waals surface area contributed by atoms with Crippen molar-refractivity contribution >= 4 is 0 Å². The summed E-state index contributed by atoms with van der Waals surface area (Å²) in [5.41, 5.74) is 7.94. The Morgan fingerprint density at radius 1 is 1.31 bits per heavy atom. The van der Waals surface area contributed by atoms with E-state index < -0.39 is 0 Å². The molecule has 2 saturated heterocycles. The summed E-state index contributed by atoms with van der Waals surface area (Å²) >= 11 is 0. The molecule has 0 spiro atoms. The third-order valence-corrected chi connectivity index (χ3v) is 4.00. The van der Waals surface area contributed by atoms with E-state index in [1.54, 1.807) is 0 Å². The first-order chi connectivity index (χ1) is 7.74. The van der Waals surface area contributed by atoms with Crippen molar-refractivity contribution in [1.82, 2.24) is 15.2 Å². The average Bonchev–Trinajstić information content (AvgIpc) is 2.73. The van der Waals surface area contributed by atoms with Gasteiger partial charge in [-0.2, -0.15) is 0 Å². The van der Waals surface area contributed by atoms with E-state index in [4.69, 9.17) is 10.4 Å². The third-order valence-electron chi connectivity index (χ3n) is 4.00. The molecule has 1 aromatic heterocycles. The highest BCUT2D eigenvalue weighted by molar-refractivity contribution is 5.07. The zero-order valence-electron chi connectivity index (χ0n) is 9.59. The number of nitrogens with two attached hydrogens (primary N) is 1. The average molecular weight is 222 g/mol. The standard InChI is InChI=1S/C11H18N4O/c1-7-11(14-16-13-7)6-15-9-2-3-10(15)5-8(12)4-9/h8-10H,2-6,12H2,1H3. The lowest BCUT2D eigenvalue weighted by molar-refractivity contribution is 0.116. The molecule has 88 valence electrons. The van der Waals surface area contributed by atoms with Crippen LogP contribution < -0.4 is 5.73 Å². The van der Waals surface area contributed by atoms with Gasteiger partial charge in [0.25, 0.3) is 0 Å². The molecule has 3 rings (SSSR count). The molecule has 0 aliphatic carbocycles. The van der Waals surface area contributed by atoms with Gasteiger partial charge >= 0.3 is 0 Å². The van der Waals surface area contributed by atoms with Gasteiger partial charge in [0.05, 0.1) is 0 Å². The van der Waals surface area contributed by atoms with Gasteiger partial charge in [-0.05, 0) is 32.6 Å². The molecule has 1 aromatic rings. The molecule has 2 unspecified atom stereocenters. The molecule has 2 atom stereocenters. The van der Waals surface area contributed by atoms with Crippen LogP contribution in [0.1, 0.15) is 37.1 Å². The molecular formula is C11H18N4O. The first-order valence-corrected chi connectivity index (χ1v) is 6.03. The van der Waals surface area contributed by atoms with Gasteiger partial charge in [0.1, 0.15) is 11.4 Å². The van der Waals surface area contributed by atoms with Gasteiger partial charge in [-0.3, -0.25) is 4.90 Å². The summed E-state index contributed by atoms with van der Waals surface area (Å²) in [6.07, 6.45) is 4.81. The van der Waals surface area contributed by atoms with Crippen LogP contribution in [0.2, 0.25) is 0 Å². The molecule has 0 aromatic carbocycles. The van der Waals surface area contributed by atoms with E-state index in [-0.39, 0.29) is 0 Å². The van der Waals surface area contributed by atoms with E-state index >= 15 is 0 Å². The van der Waals surface area contributed by atoms with E-state index in [1.807, 2.05) is 6.92 Å². The van der Waals surface area contributed by atoms with Crippen LogP contribution in [0.5, 0.6) is 0 Å². The summed E-state index contributed by atoms with van der Waals surface area (Å²) in [4.78, 5) is 2.54. The number of nitrogens with zero attached hydrogens (tertiary/aromatic N) is 3. The Morgan fingerprint density at radius 3 is 2.56 bits per heavy atom. The van der Waals surface area contributed by atoms with Crippen LogP contribution in [0.25, 0.3) is 0 Å². The number of aromatic nitrogens is 2. The molecule has 16 heavy (non-hydrogen) atoms. The van der Waals surface area contributed by atoms with Crippen LogP contribution >= 0.6 is 0 Å². The summed E-state index contributed by atoms with van der Waals surface area (Å²) in [7, 11) is 0. The second-order valence-corrected chi connectivity index (χ2v) is 5.09. The van der Waals surface area contributed by atoms with Gasteiger partial charge in [0, 0.05) is 24.7 Å². The largest absolute Gasteiger partial charge is 0.328 e. The number of rotatable bonds is 2. The second kappa shape index (κ2) is 3.82. The van der Waals surface area contributed by atoms with Crippen molar-refractivity contribution in [2.45, 2.75) is 57.3 Å². The number of hydrogen-bond donors (Lipinski definition) is 1. The van der Waals surface area contributed by atoms with Crippen molar-refractivity contribution in [3.8, 4) is 0 Å². The maximum Gasteiger partial charge on any atom is 0.122 e. The molecule has 0 radical (unpaired) electrons. The molecule has 0 amide bonds. The minimum atomic E-state index is 0.394.